The average molecular weight is 431 g/mol. The van der Waals surface area contributed by atoms with Crippen molar-refractivity contribution in [3.63, 3.8) is 0 Å². The summed E-state index contributed by atoms with van der Waals surface area (Å²) in [6, 6.07) is 13.6. The highest BCUT2D eigenvalue weighted by Crippen LogP contribution is 2.33. The number of hydrogen-bond acceptors (Lipinski definition) is 5. The van der Waals surface area contributed by atoms with E-state index in [1.165, 1.54) is 0 Å². The fraction of sp³-hybridized carbons (Fsp3) is 0.417. The van der Waals surface area contributed by atoms with Crippen molar-refractivity contribution in [1.82, 2.24) is 0 Å². The molecule has 0 aromatic heterocycles. The summed E-state index contributed by atoms with van der Waals surface area (Å²) in [6.45, 7) is 1.08. The van der Waals surface area contributed by atoms with E-state index in [1.807, 2.05) is 42.5 Å². The molecule has 1 heterocycles. The highest BCUT2D eigenvalue weighted by molar-refractivity contribution is 6.31. The smallest absolute Gasteiger partial charge is 0.119 e. The lowest BCUT2D eigenvalue weighted by atomic mass is 9.94. The van der Waals surface area contributed by atoms with Gasteiger partial charge in [-0.2, -0.15) is 0 Å². The number of hydrogen-bond donors (Lipinski definition) is 2. The minimum Gasteiger partial charge on any atom is -0.491 e. The number of halogens is 1. The zero-order chi connectivity index (χ0) is 21.3. The Morgan fingerprint density at radius 1 is 1.13 bits per heavy atom. The third-order valence-electron chi connectivity index (χ3n) is 5.02. The Morgan fingerprint density at radius 2 is 1.93 bits per heavy atom. The molecule has 0 radical (unpaired) electrons. The van der Waals surface area contributed by atoms with Gasteiger partial charge in [0.1, 0.15) is 19.0 Å². The van der Waals surface area contributed by atoms with Crippen LogP contribution in [0.2, 0.25) is 5.02 Å². The lowest BCUT2D eigenvalue weighted by molar-refractivity contribution is -0.113. The summed E-state index contributed by atoms with van der Waals surface area (Å²) in [5.74, 6) is 3.18. The fourth-order valence-corrected chi connectivity index (χ4v) is 3.71. The van der Waals surface area contributed by atoms with Gasteiger partial charge in [0, 0.05) is 17.9 Å². The monoisotopic (exact) mass is 430 g/mol. The van der Waals surface area contributed by atoms with Crippen LogP contribution in [0.4, 0.5) is 0 Å². The number of rotatable bonds is 9. The molecule has 1 aliphatic heterocycles. The van der Waals surface area contributed by atoms with Crippen LogP contribution in [0.15, 0.2) is 42.5 Å². The van der Waals surface area contributed by atoms with Crippen molar-refractivity contribution in [3.8, 4) is 18.1 Å². The summed E-state index contributed by atoms with van der Waals surface area (Å²) in [6.07, 6.45) is 5.68. The van der Waals surface area contributed by atoms with Gasteiger partial charge >= 0.3 is 0 Å². The van der Waals surface area contributed by atoms with Crippen LogP contribution in [0.25, 0.3) is 0 Å². The molecule has 2 aromatic carbocycles. The van der Waals surface area contributed by atoms with E-state index in [0.717, 1.165) is 22.4 Å². The van der Waals surface area contributed by atoms with Gasteiger partial charge in [-0.3, -0.25) is 0 Å². The number of aliphatic hydroxyl groups excluding tert-OH is 2. The molecular weight excluding hydrogens is 404 g/mol. The molecule has 0 spiro atoms. The predicted octanol–water partition coefficient (Wildman–Crippen LogP) is 3.53. The maximum absolute atomic E-state index is 10.1. The molecule has 1 saturated heterocycles. The Labute approximate surface area is 182 Å². The summed E-state index contributed by atoms with van der Waals surface area (Å²) in [4.78, 5) is 0. The van der Waals surface area contributed by atoms with Gasteiger partial charge in [-0.05, 0) is 41.3 Å². The summed E-state index contributed by atoms with van der Waals surface area (Å²) in [7, 11) is 0. The third-order valence-corrected chi connectivity index (χ3v) is 5.39. The van der Waals surface area contributed by atoms with Crippen LogP contribution in [0.5, 0.6) is 5.75 Å². The lowest BCUT2D eigenvalue weighted by Gasteiger charge is -2.32. The van der Waals surface area contributed by atoms with Crippen molar-refractivity contribution in [2.75, 3.05) is 26.4 Å². The first-order chi connectivity index (χ1) is 14.6. The maximum atomic E-state index is 10.1. The van der Waals surface area contributed by atoms with Crippen molar-refractivity contribution in [1.29, 1.82) is 0 Å². The zero-order valence-corrected chi connectivity index (χ0v) is 17.6. The molecule has 160 valence electrons. The second kappa shape index (κ2) is 11.4. The largest absolute Gasteiger partial charge is 0.491 e. The van der Waals surface area contributed by atoms with Crippen LogP contribution in [-0.4, -0.2) is 48.8 Å². The molecule has 6 heteroatoms. The van der Waals surface area contributed by atoms with Crippen LogP contribution in [0.1, 0.15) is 35.6 Å². The van der Waals surface area contributed by atoms with Gasteiger partial charge in [-0.15, -0.1) is 6.42 Å². The van der Waals surface area contributed by atoms with Gasteiger partial charge in [0.25, 0.3) is 0 Å². The first-order valence-corrected chi connectivity index (χ1v) is 10.4. The Hall–Kier alpha value is -2.07. The highest BCUT2D eigenvalue weighted by atomic mass is 35.5. The van der Waals surface area contributed by atoms with E-state index in [4.69, 9.17) is 32.2 Å². The molecule has 0 bridgehead atoms. The molecule has 5 nitrogen and oxygen atoms in total. The first-order valence-electron chi connectivity index (χ1n) is 10.0. The molecule has 3 rings (SSSR count). The van der Waals surface area contributed by atoms with E-state index in [-0.39, 0.29) is 25.4 Å². The second-order valence-corrected chi connectivity index (χ2v) is 7.74. The highest BCUT2D eigenvalue weighted by Gasteiger charge is 2.29. The molecule has 0 aliphatic carbocycles. The first kappa shape index (κ1) is 22.6. The molecule has 3 atom stereocenters. The Kier molecular flexibility index (Phi) is 8.56. The van der Waals surface area contributed by atoms with Gasteiger partial charge in [-0.25, -0.2) is 0 Å². The van der Waals surface area contributed by atoms with Crippen molar-refractivity contribution < 1.29 is 24.4 Å². The van der Waals surface area contributed by atoms with E-state index in [1.54, 1.807) is 0 Å². The molecule has 30 heavy (non-hydrogen) atoms. The van der Waals surface area contributed by atoms with Crippen LogP contribution < -0.4 is 4.74 Å². The van der Waals surface area contributed by atoms with Crippen LogP contribution in [0.3, 0.4) is 0 Å². The molecule has 0 saturated carbocycles. The van der Waals surface area contributed by atoms with E-state index in [0.29, 0.717) is 37.5 Å². The van der Waals surface area contributed by atoms with Gasteiger partial charge in [-0.1, -0.05) is 41.8 Å². The minimum absolute atomic E-state index is 0.0988. The lowest BCUT2D eigenvalue weighted by Crippen LogP contribution is -2.33. The quantitative estimate of drug-likeness (QED) is 0.470. The van der Waals surface area contributed by atoms with E-state index < -0.39 is 6.10 Å². The topological polar surface area (TPSA) is 68.2 Å². The van der Waals surface area contributed by atoms with E-state index >= 15 is 0 Å². The number of terminal acetylenes is 1. The SMILES string of the molecule is C#CCOCCOc1ccc(Cc2cc(C3CC(O)CC(CO)O3)ccc2Cl)cc1. The van der Waals surface area contributed by atoms with Gasteiger partial charge in [0.05, 0.1) is 31.5 Å². The number of ether oxygens (including phenoxy) is 3. The number of aliphatic hydroxyl groups is 2. The van der Waals surface area contributed by atoms with Crippen molar-refractivity contribution >= 4 is 11.6 Å². The number of benzene rings is 2. The van der Waals surface area contributed by atoms with E-state index in [9.17, 15) is 10.2 Å². The molecule has 1 aliphatic rings. The average Bonchev–Trinajstić information content (AvgIpc) is 2.75. The van der Waals surface area contributed by atoms with Crippen LogP contribution in [-0.2, 0) is 15.9 Å². The standard InChI is InChI=1S/C24H27ClO5/c1-2-9-28-10-11-29-21-6-3-17(4-7-21)12-19-13-18(5-8-23(19)25)24-15-20(27)14-22(16-26)30-24/h1,3-8,13,20,22,24,26-27H,9-12,14-16H2. The Balaban J connectivity index is 1.62. The Morgan fingerprint density at radius 3 is 2.67 bits per heavy atom. The normalized spacial score (nSPS) is 21.2. The van der Waals surface area contributed by atoms with Crippen molar-refractivity contribution in [2.24, 2.45) is 0 Å². The summed E-state index contributed by atoms with van der Waals surface area (Å²) in [5, 5.41) is 20.2. The van der Waals surface area contributed by atoms with Crippen LogP contribution >= 0.6 is 11.6 Å². The zero-order valence-electron chi connectivity index (χ0n) is 16.8. The van der Waals surface area contributed by atoms with E-state index in [2.05, 4.69) is 5.92 Å². The van der Waals surface area contributed by atoms with Gasteiger partial charge < -0.3 is 24.4 Å². The maximum Gasteiger partial charge on any atom is 0.119 e. The fourth-order valence-electron chi connectivity index (χ4n) is 3.53. The summed E-state index contributed by atoms with van der Waals surface area (Å²) < 4.78 is 16.7. The minimum atomic E-state index is -0.482. The van der Waals surface area contributed by atoms with Crippen LogP contribution in [0, 0.1) is 12.3 Å². The third kappa shape index (κ3) is 6.46. The molecule has 3 unspecified atom stereocenters. The Bertz CT molecular complexity index is 846. The molecule has 2 aromatic rings. The van der Waals surface area contributed by atoms with Crippen molar-refractivity contribution in [3.05, 3.63) is 64.2 Å². The van der Waals surface area contributed by atoms with Gasteiger partial charge in [0.2, 0.25) is 0 Å². The van der Waals surface area contributed by atoms with Gasteiger partial charge in [0.15, 0.2) is 0 Å². The molecule has 2 N–H and O–H groups in total. The molecule has 0 amide bonds. The molecule has 1 fully saturated rings. The summed E-state index contributed by atoms with van der Waals surface area (Å²) >= 11 is 6.43. The second-order valence-electron chi connectivity index (χ2n) is 7.33. The van der Waals surface area contributed by atoms with Crippen molar-refractivity contribution in [2.45, 2.75) is 37.6 Å². The summed E-state index contributed by atoms with van der Waals surface area (Å²) in [5.41, 5.74) is 3.04. The predicted molar refractivity (Wildman–Crippen MR) is 116 cm³/mol. The molecular formula is C24H27ClO5.